The lowest BCUT2D eigenvalue weighted by Gasteiger charge is -2.09. The molecule has 4 heterocycles. The van der Waals surface area contributed by atoms with E-state index in [4.69, 9.17) is 4.98 Å². The summed E-state index contributed by atoms with van der Waals surface area (Å²) in [5, 5.41) is 11.4. The Kier molecular flexibility index (Phi) is 7.89. The van der Waals surface area contributed by atoms with Gasteiger partial charge in [-0.15, -0.1) is 0 Å². The summed E-state index contributed by atoms with van der Waals surface area (Å²) in [6, 6.07) is 12.0. The van der Waals surface area contributed by atoms with E-state index in [0.29, 0.717) is 51.5 Å². The van der Waals surface area contributed by atoms with Crippen LogP contribution in [0.25, 0.3) is 55.8 Å². The van der Waals surface area contributed by atoms with E-state index in [9.17, 15) is 17.6 Å². The van der Waals surface area contributed by atoms with Gasteiger partial charge in [0, 0.05) is 41.9 Å². The molecule has 0 saturated carbocycles. The molecule has 0 aliphatic carbocycles. The fourth-order valence-electron chi connectivity index (χ4n) is 5.26. The second-order valence-corrected chi connectivity index (χ2v) is 13.3. The Morgan fingerprint density at radius 3 is 2.62 bits per heavy atom. The van der Waals surface area contributed by atoms with Crippen LogP contribution in [0.5, 0.6) is 0 Å². The molecule has 0 radical (unpaired) electrons. The normalized spacial score (nSPS) is 12.0. The number of imidazole rings is 1. The van der Waals surface area contributed by atoms with E-state index >= 15 is 0 Å². The lowest BCUT2D eigenvalue weighted by atomic mass is 10.0. The minimum atomic E-state index is -3.46. The maximum Gasteiger partial charge on any atom is 0.224 e. The van der Waals surface area contributed by atoms with Crippen molar-refractivity contribution in [3.05, 3.63) is 78.0 Å². The van der Waals surface area contributed by atoms with Gasteiger partial charge < -0.3 is 10.3 Å². The van der Waals surface area contributed by atoms with Gasteiger partial charge >= 0.3 is 0 Å². The number of aryl methyl sites for hydroxylation is 1. The van der Waals surface area contributed by atoms with Gasteiger partial charge in [-0.3, -0.25) is 19.9 Å². The molecular weight excluding hydrogens is 595 g/mol. The molecule has 0 fully saturated rings. The van der Waals surface area contributed by atoms with Gasteiger partial charge in [0.1, 0.15) is 17.0 Å². The molecule has 0 aliphatic rings. The van der Waals surface area contributed by atoms with E-state index in [2.05, 4.69) is 35.2 Å². The summed E-state index contributed by atoms with van der Waals surface area (Å²) in [7, 11) is -3.46. The smallest absolute Gasteiger partial charge is 0.224 e. The number of H-pyrrole nitrogens is 2. The molecule has 13 heteroatoms. The van der Waals surface area contributed by atoms with Crippen LogP contribution in [-0.4, -0.2) is 50.7 Å². The highest BCUT2D eigenvalue weighted by Crippen LogP contribution is 2.34. The van der Waals surface area contributed by atoms with E-state index in [1.54, 1.807) is 30.7 Å². The molecule has 0 spiro atoms. The first-order chi connectivity index (χ1) is 21.4. The lowest BCUT2D eigenvalue weighted by molar-refractivity contribution is -0.116. The average Bonchev–Trinajstić information content (AvgIpc) is 3.59. The quantitative estimate of drug-likeness (QED) is 0.160. The first-order valence-corrected chi connectivity index (χ1v) is 16.2. The van der Waals surface area contributed by atoms with E-state index < -0.39 is 15.8 Å². The number of pyridine rings is 2. The second-order valence-electron chi connectivity index (χ2n) is 11.5. The van der Waals surface area contributed by atoms with Crippen molar-refractivity contribution in [2.24, 2.45) is 5.92 Å². The van der Waals surface area contributed by atoms with Gasteiger partial charge in [-0.2, -0.15) is 5.10 Å². The number of hydrogen-bond acceptors (Lipinski definition) is 7. The standard InChI is InChI=1S/C32H31FN8O3S/c1-17(2)7-27(42)37-24-12-22(15-34-16-24)20-8-18(3)28-25(13-20)30(41-40-28)32-38-26-5-6-35-29(31(26)39-32)21-9-19(10-23(33)11-21)14-36-45(4,43)44/h5-6,8-13,15-17,36H,7,14H2,1-4H3,(H,37,42)(H,38,39)(H,40,41). The van der Waals surface area contributed by atoms with Crippen LogP contribution in [0.1, 0.15) is 31.4 Å². The molecule has 0 atom stereocenters. The first kappa shape index (κ1) is 30.0. The van der Waals surface area contributed by atoms with Crippen molar-refractivity contribution in [1.82, 2.24) is 34.9 Å². The van der Waals surface area contributed by atoms with Crippen LogP contribution in [0.15, 0.2) is 61.1 Å². The van der Waals surface area contributed by atoms with Crippen molar-refractivity contribution in [2.45, 2.75) is 33.7 Å². The number of benzene rings is 2. The Labute approximate surface area is 258 Å². The zero-order valence-corrected chi connectivity index (χ0v) is 25.9. The number of carbonyl (C=O) groups excluding carboxylic acids is 1. The lowest BCUT2D eigenvalue weighted by Crippen LogP contribution is -2.21. The zero-order chi connectivity index (χ0) is 31.9. The number of rotatable bonds is 9. The van der Waals surface area contributed by atoms with Gasteiger partial charge in [0.15, 0.2) is 5.82 Å². The van der Waals surface area contributed by atoms with Crippen LogP contribution in [0.2, 0.25) is 0 Å². The number of nitrogens with one attached hydrogen (secondary N) is 4. The molecule has 4 N–H and O–H groups in total. The predicted octanol–water partition coefficient (Wildman–Crippen LogP) is 5.71. The van der Waals surface area contributed by atoms with Gasteiger partial charge in [-0.1, -0.05) is 13.8 Å². The minimum Gasteiger partial charge on any atom is -0.337 e. The van der Waals surface area contributed by atoms with Gasteiger partial charge in [0.05, 0.1) is 34.9 Å². The molecule has 6 rings (SSSR count). The molecule has 230 valence electrons. The monoisotopic (exact) mass is 626 g/mol. The molecule has 0 saturated heterocycles. The molecular formula is C32H31FN8O3S. The largest absolute Gasteiger partial charge is 0.337 e. The molecule has 6 aromatic rings. The first-order valence-electron chi connectivity index (χ1n) is 14.3. The maximum absolute atomic E-state index is 14.6. The average molecular weight is 627 g/mol. The molecule has 4 aromatic heterocycles. The van der Waals surface area contributed by atoms with Gasteiger partial charge in [0.2, 0.25) is 15.9 Å². The topological polar surface area (TPSA) is 158 Å². The zero-order valence-electron chi connectivity index (χ0n) is 25.1. The maximum atomic E-state index is 14.6. The summed E-state index contributed by atoms with van der Waals surface area (Å²) >= 11 is 0. The van der Waals surface area contributed by atoms with Crippen LogP contribution in [0.4, 0.5) is 10.1 Å². The fraction of sp³-hybridized carbons (Fsp3) is 0.219. The summed E-state index contributed by atoms with van der Waals surface area (Å²) in [5.41, 5.74) is 7.26. The van der Waals surface area contributed by atoms with E-state index in [1.165, 1.54) is 12.1 Å². The Morgan fingerprint density at radius 1 is 1.02 bits per heavy atom. The third-order valence-electron chi connectivity index (χ3n) is 7.21. The number of aromatic nitrogens is 6. The van der Waals surface area contributed by atoms with Crippen LogP contribution >= 0.6 is 0 Å². The minimum absolute atomic E-state index is 0.0596. The third-order valence-corrected chi connectivity index (χ3v) is 7.87. The summed E-state index contributed by atoms with van der Waals surface area (Å²) in [6.07, 6.45) is 6.44. The molecule has 45 heavy (non-hydrogen) atoms. The van der Waals surface area contributed by atoms with Gasteiger partial charge in [-0.05, 0) is 72.0 Å². The Bertz CT molecular complexity index is 2190. The number of nitrogens with zero attached hydrogens (tertiary/aromatic N) is 4. The van der Waals surface area contributed by atoms with Crippen molar-refractivity contribution in [3.8, 4) is 33.9 Å². The molecule has 1 amide bonds. The second kappa shape index (κ2) is 11.8. The summed E-state index contributed by atoms with van der Waals surface area (Å²) < 4.78 is 40.2. The van der Waals surface area contributed by atoms with E-state index in [0.717, 1.165) is 33.8 Å². The van der Waals surface area contributed by atoms with E-state index in [-0.39, 0.29) is 18.4 Å². The number of halogens is 1. The van der Waals surface area contributed by atoms with Crippen LogP contribution in [-0.2, 0) is 21.4 Å². The SMILES string of the molecule is Cc1cc(-c2cncc(NC(=O)CC(C)C)c2)cc2c(-c3nc4c(-c5cc(F)cc(CNS(C)(=O)=O)c5)nccc4[nH]3)[nH]nc12. The number of sulfonamides is 1. The van der Waals surface area contributed by atoms with Crippen molar-refractivity contribution >= 4 is 43.6 Å². The highest BCUT2D eigenvalue weighted by molar-refractivity contribution is 7.88. The van der Waals surface area contributed by atoms with Crippen LogP contribution in [0, 0.1) is 18.7 Å². The van der Waals surface area contributed by atoms with Crippen molar-refractivity contribution < 1.29 is 17.6 Å². The summed E-state index contributed by atoms with van der Waals surface area (Å²) in [5.74, 6) is 0.173. The molecule has 0 bridgehead atoms. The number of amides is 1. The molecule has 2 aromatic carbocycles. The van der Waals surface area contributed by atoms with Crippen molar-refractivity contribution in [1.29, 1.82) is 0 Å². The molecule has 0 unspecified atom stereocenters. The highest BCUT2D eigenvalue weighted by Gasteiger charge is 2.18. The van der Waals surface area contributed by atoms with E-state index in [1.807, 2.05) is 39.0 Å². The number of hydrogen-bond donors (Lipinski definition) is 4. The van der Waals surface area contributed by atoms with Gasteiger partial charge in [-0.25, -0.2) is 22.5 Å². The fourth-order valence-corrected chi connectivity index (χ4v) is 5.68. The summed E-state index contributed by atoms with van der Waals surface area (Å²) in [4.78, 5) is 29.4. The Hall–Kier alpha value is -5.01. The number of carbonyl (C=O) groups is 1. The van der Waals surface area contributed by atoms with Crippen LogP contribution in [0.3, 0.4) is 0 Å². The van der Waals surface area contributed by atoms with Crippen molar-refractivity contribution in [2.75, 3.05) is 11.6 Å². The number of anilines is 1. The third kappa shape index (κ3) is 6.59. The van der Waals surface area contributed by atoms with Crippen molar-refractivity contribution in [3.63, 3.8) is 0 Å². The Balaban J connectivity index is 1.38. The summed E-state index contributed by atoms with van der Waals surface area (Å²) in [6.45, 7) is 5.90. The molecule has 0 aliphatic heterocycles. The molecule has 11 nitrogen and oxygen atoms in total. The van der Waals surface area contributed by atoms with Crippen LogP contribution < -0.4 is 10.0 Å². The predicted molar refractivity (Wildman–Crippen MR) is 172 cm³/mol. The van der Waals surface area contributed by atoms with Gasteiger partial charge in [0.25, 0.3) is 0 Å². The number of aromatic amines is 2. The number of fused-ring (bicyclic) bond motifs is 2. The highest BCUT2D eigenvalue weighted by atomic mass is 32.2. The Morgan fingerprint density at radius 2 is 1.84 bits per heavy atom.